The maximum Gasteiger partial charge on any atom is 0.231 e. The van der Waals surface area contributed by atoms with Gasteiger partial charge in [0.1, 0.15) is 5.75 Å². The van der Waals surface area contributed by atoms with Crippen LogP contribution in [0.2, 0.25) is 0 Å². The van der Waals surface area contributed by atoms with Gasteiger partial charge in [0, 0.05) is 13.2 Å². The lowest BCUT2D eigenvalue weighted by Crippen LogP contribution is -2.49. The fourth-order valence-electron chi connectivity index (χ4n) is 4.53. The van der Waals surface area contributed by atoms with Crippen molar-refractivity contribution in [1.29, 1.82) is 0 Å². The molecule has 4 nitrogen and oxygen atoms in total. The average molecular weight is 351 g/mol. The summed E-state index contributed by atoms with van der Waals surface area (Å²) in [6, 6.07) is 13.7. The van der Waals surface area contributed by atoms with Gasteiger partial charge < -0.3 is 15.2 Å². The van der Waals surface area contributed by atoms with Crippen LogP contribution in [0, 0.1) is 6.92 Å². The van der Waals surface area contributed by atoms with Gasteiger partial charge in [-0.15, -0.1) is 0 Å². The van der Waals surface area contributed by atoms with E-state index < -0.39 is 5.41 Å². The van der Waals surface area contributed by atoms with E-state index in [1.165, 1.54) is 0 Å². The predicted molar refractivity (Wildman–Crippen MR) is 100 cm³/mol. The van der Waals surface area contributed by atoms with Gasteiger partial charge in [-0.3, -0.25) is 4.79 Å². The zero-order valence-corrected chi connectivity index (χ0v) is 15.1. The molecule has 1 atom stereocenters. The normalized spacial score (nSPS) is 21.2. The summed E-state index contributed by atoms with van der Waals surface area (Å²) in [5.74, 6) is 0.412. The highest BCUT2D eigenvalue weighted by molar-refractivity contribution is 5.89. The number of fused-ring (bicyclic) bond motifs is 1. The van der Waals surface area contributed by atoms with E-state index in [1.54, 1.807) is 6.07 Å². The molecule has 0 radical (unpaired) electrons. The lowest BCUT2D eigenvalue weighted by atomic mass is 9.71. The van der Waals surface area contributed by atoms with E-state index in [0.29, 0.717) is 31.8 Å². The van der Waals surface area contributed by atoms with Crippen molar-refractivity contribution in [3.8, 4) is 5.75 Å². The van der Waals surface area contributed by atoms with Crippen molar-refractivity contribution in [2.24, 2.45) is 0 Å². The number of benzene rings is 2. The van der Waals surface area contributed by atoms with E-state index >= 15 is 0 Å². The summed E-state index contributed by atoms with van der Waals surface area (Å²) in [6.07, 6.45) is 3.03. The van der Waals surface area contributed by atoms with Crippen LogP contribution in [0.25, 0.3) is 0 Å². The third-order valence-corrected chi connectivity index (χ3v) is 5.99. The topological polar surface area (TPSA) is 58.6 Å². The summed E-state index contributed by atoms with van der Waals surface area (Å²) < 4.78 is 5.57. The smallest absolute Gasteiger partial charge is 0.231 e. The number of nitrogens with one attached hydrogen (secondary N) is 1. The Labute approximate surface area is 154 Å². The number of aryl methyl sites for hydroxylation is 1. The molecule has 0 bridgehead atoms. The molecule has 1 amide bonds. The van der Waals surface area contributed by atoms with Gasteiger partial charge in [0.05, 0.1) is 11.5 Å². The number of hydrogen-bond donors (Lipinski definition) is 2. The SMILES string of the molecule is Cc1ccccc1C1(C(=O)NC2CCc3c(O)cccc32)CCOCC1. The second-order valence-electron chi connectivity index (χ2n) is 7.42. The zero-order valence-electron chi connectivity index (χ0n) is 15.1. The molecule has 4 heteroatoms. The van der Waals surface area contributed by atoms with Crippen LogP contribution in [-0.2, 0) is 21.4 Å². The van der Waals surface area contributed by atoms with E-state index in [-0.39, 0.29) is 11.9 Å². The third-order valence-electron chi connectivity index (χ3n) is 5.99. The lowest BCUT2D eigenvalue weighted by Gasteiger charge is -2.38. The van der Waals surface area contributed by atoms with Crippen LogP contribution in [-0.4, -0.2) is 24.2 Å². The molecule has 1 fully saturated rings. The van der Waals surface area contributed by atoms with Gasteiger partial charge in [-0.05, 0) is 60.9 Å². The number of carbonyl (C=O) groups is 1. The lowest BCUT2D eigenvalue weighted by molar-refractivity contribution is -0.131. The van der Waals surface area contributed by atoms with Crippen molar-refractivity contribution in [3.05, 3.63) is 64.7 Å². The van der Waals surface area contributed by atoms with Crippen LogP contribution in [0.5, 0.6) is 5.75 Å². The van der Waals surface area contributed by atoms with Gasteiger partial charge in [-0.2, -0.15) is 0 Å². The zero-order chi connectivity index (χ0) is 18.1. The van der Waals surface area contributed by atoms with Gasteiger partial charge >= 0.3 is 0 Å². The highest BCUT2D eigenvalue weighted by atomic mass is 16.5. The van der Waals surface area contributed by atoms with E-state index in [2.05, 4.69) is 24.4 Å². The minimum atomic E-state index is -0.539. The van der Waals surface area contributed by atoms with E-state index in [9.17, 15) is 9.90 Å². The summed E-state index contributed by atoms with van der Waals surface area (Å²) in [7, 11) is 0. The summed E-state index contributed by atoms with van der Waals surface area (Å²) in [5, 5.41) is 13.4. The number of carbonyl (C=O) groups excluding carboxylic acids is 1. The van der Waals surface area contributed by atoms with Crippen molar-refractivity contribution in [3.63, 3.8) is 0 Å². The van der Waals surface area contributed by atoms with Crippen molar-refractivity contribution in [2.45, 2.75) is 44.1 Å². The Balaban J connectivity index is 1.65. The Morgan fingerprint density at radius 1 is 1.15 bits per heavy atom. The van der Waals surface area contributed by atoms with Crippen molar-refractivity contribution >= 4 is 5.91 Å². The average Bonchev–Trinajstić information content (AvgIpc) is 3.07. The van der Waals surface area contributed by atoms with Crippen molar-refractivity contribution in [2.75, 3.05) is 13.2 Å². The van der Waals surface area contributed by atoms with Crippen LogP contribution in [0.3, 0.4) is 0 Å². The Morgan fingerprint density at radius 3 is 2.69 bits per heavy atom. The maximum absolute atomic E-state index is 13.5. The number of phenolic OH excluding ortho intramolecular Hbond substituents is 1. The maximum atomic E-state index is 13.5. The summed E-state index contributed by atoms with van der Waals surface area (Å²) in [4.78, 5) is 13.5. The molecule has 2 N–H and O–H groups in total. The largest absolute Gasteiger partial charge is 0.508 e. The molecule has 1 aliphatic heterocycles. The number of rotatable bonds is 3. The van der Waals surface area contributed by atoms with Crippen LogP contribution >= 0.6 is 0 Å². The fraction of sp³-hybridized carbons (Fsp3) is 0.409. The highest BCUT2D eigenvalue weighted by Gasteiger charge is 2.43. The standard InChI is InChI=1S/C22H25NO3/c1-15-5-2-3-7-18(15)22(11-13-26-14-12-22)21(25)23-19-10-9-17-16(19)6-4-8-20(17)24/h2-8,19,24H,9-14H2,1H3,(H,23,25). The van der Waals surface area contributed by atoms with Gasteiger partial charge in [0.15, 0.2) is 0 Å². The molecule has 26 heavy (non-hydrogen) atoms. The molecule has 1 heterocycles. The molecule has 136 valence electrons. The molecule has 2 aromatic carbocycles. The second-order valence-corrected chi connectivity index (χ2v) is 7.42. The summed E-state index contributed by atoms with van der Waals surface area (Å²) in [6.45, 7) is 3.27. The quantitative estimate of drug-likeness (QED) is 0.889. The minimum absolute atomic E-state index is 0.0339. The second kappa shape index (κ2) is 6.76. The number of aromatic hydroxyl groups is 1. The molecular formula is C22H25NO3. The molecule has 0 spiro atoms. The predicted octanol–water partition coefficient (Wildman–Crippen LogP) is 3.55. The molecular weight excluding hydrogens is 326 g/mol. The number of hydrogen-bond acceptors (Lipinski definition) is 3. The van der Waals surface area contributed by atoms with Gasteiger partial charge in [-0.25, -0.2) is 0 Å². The molecule has 1 unspecified atom stereocenters. The minimum Gasteiger partial charge on any atom is -0.508 e. The molecule has 1 aliphatic carbocycles. The first-order valence-electron chi connectivity index (χ1n) is 9.37. The molecule has 4 rings (SSSR count). The Kier molecular flexibility index (Phi) is 4.45. The fourth-order valence-corrected chi connectivity index (χ4v) is 4.53. The molecule has 1 saturated heterocycles. The van der Waals surface area contributed by atoms with Crippen molar-refractivity contribution < 1.29 is 14.6 Å². The van der Waals surface area contributed by atoms with Crippen LogP contribution in [0.4, 0.5) is 0 Å². The van der Waals surface area contributed by atoms with E-state index in [4.69, 9.17) is 4.74 Å². The van der Waals surface area contributed by atoms with Crippen LogP contribution < -0.4 is 5.32 Å². The van der Waals surface area contributed by atoms with E-state index in [1.807, 2.05) is 24.3 Å². The summed E-state index contributed by atoms with van der Waals surface area (Å²) >= 11 is 0. The monoisotopic (exact) mass is 351 g/mol. The third kappa shape index (κ3) is 2.78. The Hall–Kier alpha value is -2.33. The first-order valence-corrected chi connectivity index (χ1v) is 9.37. The molecule has 2 aromatic rings. The molecule has 2 aliphatic rings. The Bertz CT molecular complexity index is 824. The van der Waals surface area contributed by atoms with Gasteiger partial charge in [0.2, 0.25) is 5.91 Å². The summed E-state index contributed by atoms with van der Waals surface area (Å²) in [5.41, 5.74) is 3.73. The van der Waals surface area contributed by atoms with Crippen LogP contribution in [0.15, 0.2) is 42.5 Å². The number of ether oxygens (including phenoxy) is 1. The number of phenols is 1. The molecule has 0 saturated carbocycles. The number of amides is 1. The first-order chi connectivity index (χ1) is 12.6. The first kappa shape index (κ1) is 17.1. The Morgan fingerprint density at radius 2 is 1.92 bits per heavy atom. The molecule has 0 aromatic heterocycles. The van der Waals surface area contributed by atoms with Crippen LogP contribution in [0.1, 0.15) is 47.6 Å². The van der Waals surface area contributed by atoms with Crippen molar-refractivity contribution in [1.82, 2.24) is 5.32 Å². The highest BCUT2D eigenvalue weighted by Crippen LogP contribution is 2.40. The van der Waals surface area contributed by atoms with Gasteiger partial charge in [0.25, 0.3) is 0 Å². The van der Waals surface area contributed by atoms with Gasteiger partial charge in [-0.1, -0.05) is 36.4 Å². The van der Waals surface area contributed by atoms with E-state index in [0.717, 1.165) is 35.1 Å².